The van der Waals surface area contributed by atoms with Gasteiger partial charge in [-0.05, 0) is 68.1 Å². The molecule has 0 heterocycles. The second-order valence-electron chi connectivity index (χ2n) is 8.21. The maximum atomic E-state index is 12.5. The predicted molar refractivity (Wildman–Crippen MR) is 81.3 cm³/mol. The highest BCUT2D eigenvalue weighted by Gasteiger charge is 2.58. The summed E-state index contributed by atoms with van der Waals surface area (Å²) in [6, 6.07) is 2.36. The van der Waals surface area contributed by atoms with Gasteiger partial charge in [0, 0.05) is 18.3 Å². The number of rotatable bonds is 1. The fourth-order valence-electron chi connectivity index (χ4n) is 6.87. The van der Waals surface area contributed by atoms with Crippen LogP contribution in [-0.4, -0.2) is 5.78 Å². The SMILES string of the molecule is N#CC[C@]12CC[C@H]3[C@@H](CCC4CCCC[C@@H]43)[C@@H]1CCC2=O. The van der Waals surface area contributed by atoms with E-state index in [0.717, 1.165) is 42.9 Å². The van der Waals surface area contributed by atoms with Gasteiger partial charge in [0.15, 0.2) is 0 Å². The maximum absolute atomic E-state index is 12.5. The summed E-state index contributed by atoms with van der Waals surface area (Å²) in [7, 11) is 0. The molecule has 4 aliphatic carbocycles. The van der Waals surface area contributed by atoms with Crippen LogP contribution in [0.4, 0.5) is 0 Å². The molecule has 2 heteroatoms. The molecule has 0 spiro atoms. The van der Waals surface area contributed by atoms with Crippen LogP contribution in [0.5, 0.6) is 0 Å². The second kappa shape index (κ2) is 5.11. The van der Waals surface area contributed by atoms with Gasteiger partial charge in [-0.3, -0.25) is 4.79 Å². The summed E-state index contributed by atoms with van der Waals surface area (Å²) >= 11 is 0. The first-order valence-corrected chi connectivity index (χ1v) is 9.16. The smallest absolute Gasteiger partial charge is 0.140 e. The molecule has 4 rings (SSSR count). The number of ketones is 1. The third kappa shape index (κ3) is 1.92. The fraction of sp³-hybridized carbons (Fsp3) is 0.895. The average Bonchev–Trinajstić information content (AvgIpc) is 2.85. The lowest BCUT2D eigenvalue weighted by molar-refractivity contribution is -0.134. The molecule has 21 heavy (non-hydrogen) atoms. The fourth-order valence-corrected chi connectivity index (χ4v) is 6.87. The molecule has 2 nitrogen and oxygen atoms in total. The molecule has 0 bridgehead atoms. The molecule has 0 aliphatic heterocycles. The first-order valence-electron chi connectivity index (χ1n) is 9.16. The van der Waals surface area contributed by atoms with Gasteiger partial charge in [0.05, 0.1) is 6.07 Å². The lowest BCUT2D eigenvalue weighted by atomic mass is 9.50. The van der Waals surface area contributed by atoms with Gasteiger partial charge in [0.1, 0.15) is 5.78 Å². The second-order valence-corrected chi connectivity index (χ2v) is 8.21. The van der Waals surface area contributed by atoms with Crippen LogP contribution in [0.1, 0.15) is 70.6 Å². The van der Waals surface area contributed by atoms with Crippen molar-refractivity contribution in [3.05, 3.63) is 0 Å². The van der Waals surface area contributed by atoms with Gasteiger partial charge in [-0.1, -0.05) is 19.3 Å². The number of hydrogen-bond acceptors (Lipinski definition) is 2. The lowest BCUT2D eigenvalue weighted by Gasteiger charge is -2.54. The van der Waals surface area contributed by atoms with Crippen LogP contribution in [0.3, 0.4) is 0 Å². The van der Waals surface area contributed by atoms with Crippen molar-refractivity contribution in [2.75, 3.05) is 0 Å². The monoisotopic (exact) mass is 285 g/mol. The maximum Gasteiger partial charge on any atom is 0.140 e. The Hall–Kier alpha value is -0.840. The van der Waals surface area contributed by atoms with E-state index in [0.29, 0.717) is 18.1 Å². The van der Waals surface area contributed by atoms with E-state index in [4.69, 9.17) is 0 Å². The number of nitriles is 1. The Balaban J connectivity index is 1.62. The largest absolute Gasteiger partial charge is 0.299 e. The number of Topliss-reactive ketones (excluding diaryl/α,β-unsaturated/α-hetero) is 1. The number of nitrogens with zero attached hydrogens (tertiary/aromatic N) is 1. The van der Waals surface area contributed by atoms with Crippen LogP contribution in [0.25, 0.3) is 0 Å². The minimum atomic E-state index is -0.225. The summed E-state index contributed by atoms with van der Waals surface area (Å²) in [5.74, 6) is 4.56. The zero-order chi connectivity index (χ0) is 14.4. The van der Waals surface area contributed by atoms with Gasteiger partial charge in [0.2, 0.25) is 0 Å². The minimum absolute atomic E-state index is 0.225. The van der Waals surface area contributed by atoms with Gasteiger partial charge in [0.25, 0.3) is 0 Å². The van der Waals surface area contributed by atoms with Crippen LogP contribution in [0.15, 0.2) is 0 Å². The van der Waals surface area contributed by atoms with E-state index in [9.17, 15) is 10.1 Å². The summed E-state index contributed by atoms with van der Waals surface area (Å²) in [5, 5.41) is 9.26. The van der Waals surface area contributed by atoms with Crippen molar-refractivity contribution in [2.45, 2.75) is 70.6 Å². The highest BCUT2D eigenvalue weighted by molar-refractivity contribution is 5.87. The number of carbonyl (C=O) groups is 1. The molecule has 114 valence electrons. The predicted octanol–water partition coefficient (Wildman–Crippen LogP) is 4.49. The third-order valence-electron chi connectivity index (χ3n) is 7.72. The Morgan fingerprint density at radius 1 is 1.00 bits per heavy atom. The van der Waals surface area contributed by atoms with Crippen molar-refractivity contribution in [1.29, 1.82) is 5.26 Å². The Labute approximate surface area is 128 Å². The van der Waals surface area contributed by atoms with Gasteiger partial charge in [-0.25, -0.2) is 0 Å². The van der Waals surface area contributed by atoms with Crippen molar-refractivity contribution in [3.63, 3.8) is 0 Å². The molecule has 4 saturated carbocycles. The molecule has 0 radical (unpaired) electrons. The quantitative estimate of drug-likeness (QED) is 0.712. The van der Waals surface area contributed by atoms with Crippen molar-refractivity contribution < 1.29 is 4.79 Å². The molecular formula is C19H27NO. The molecule has 1 unspecified atom stereocenters. The Morgan fingerprint density at radius 2 is 1.86 bits per heavy atom. The van der Waals surface area contributed by atoms with E-state index in [2.05, 4.69) is 6.07 Å². The van der Waals surface area contributed by atoms with Crippen LogP contribution >= 0.6 is 0 Å². The molecule has 0 saturated heterocycles. The summed E-state index contributed by atoms with van der Waals surface area (Å²) in [5.41, 5.74) is -0.225. The van der Waals surface area contributed by atoms with Crippen molar-refractivity contribution >= 4 is 5.78 Å². The number of hydrogen-bond donors (Lipinski definition) is 0. The molecular weight excluding hydrogens is 258 g/mol. The number of fused-ring (bicyclic) bond motifs is 5. The van der Waals surface area contributed by atoms with E-state index in [1.807, 2.05) is 0 Å². The molecule has 0 aromatic rings. The first-order chi connectivity index (χ1) is 10.3. The normalized spacial score (nSPS) is 48.9. The molecule has 0 aromatic heterocycles. The zero-order valence-electron chi connectivity index (χ0n) is 13.0. The standard InChI is InChI=1S/C19H27NO/c20-12-11-19-10-9-15-14-4-2-1-3-13(14)5-6-16(15)17(19)7-8-18(19)21/h13-17H,1-11H2/t13?,14-,15+,16+,17-,19+/m0/s1. The van der Waals surface area contributed by atoms with E-state index in [-0.39, 0.29) is 5.41 Å². The van der Waals surface area contributed by atoms with Crippen molar-refractivity contribution in [1.82, 2.24) is 0 Å². The average molecular weight is 285 g/mol. The van der Waals surface area contributed by atoms with Crippen LogP contribution in [0, 0.1) is 46.3 Å². The molecule has 0 N–H and O–H groups in total. The van der Waals surface area contributed by atoms with E-state index >= 15 is 0 Å². The van der Waals surface area contributed by atoms with Crippen molar-refractivity contribution in [3.8, 4) is 6.07 Å². The van der Waals surface area contributed by atoms with Crippen LogP contribution in [0.2, 0.25) is 0 Å². The van der Waals surface area contributed by atoms with Gasteiger partial charge in [-0.2, -0.15) is 5.26 Å². The summed E-state index contributed by atoms with van der Waals surface area (Å²) in [4.78, 5) is 12.5. The number of carbonyl (C=O) groups excluding carboxylic acids is 1. The highest BCUT2D eigenvalue weighted by atomic mass is 16.1. The topological polar surface area (TPSA) is 40.9 Å². The lowest BCUT2D eigenvalue weighted by Crippen LogP contribution is -2.49. The van der Waals surface area contributed by atoms with E-state index in [1.165, 1.54) is 44.9 Å². The molecule has 0 aromatic carbocycles. The summed E-state index contributed by atoms with van der Waals surface area (Å²) in [6.45, 7) is 0. The Kier molecular flexibility index (Phi) is 3.36. The summed E-state index contributed by atoms with van der Waals surface area (Å²) in [6.07, 6.45) is 13.1. The van der Waals surface area contributed by atoms with Gasteiger partial charge >= 0.3 is 0 Å². The van der Waals surface area contributed by atoms with Crippen molar-refractivity contribution in [2.24, 2.45) is 35.0 Å². The Morgan fingerprint density at radius 3 is 2.71 bits per heavy atom. The minimum Gasteiger partial charge on any atom is -0.299 e. The highest BCUT2D eigenvalue weighted by Crippen LogP contribution is 2.62. The van der Waals surface area contributed by atoms with Crippen LogP contribution in [-0.2, 0) is 4.79 Å². The third-order valence-corrected chi connectivity index (χ3v) is 7.72. The van der Waals surface area contributed by atoms with E-state index < -0.39 is 0 Å². The molecule has 4 fully saturated rings. The molecule has 6 atom stereocenters. The van der Waals surface area contributed by atoms with Gasteiger partial charge in [-0.15, -0.1) is 0 Å². The molecule has 0 amide bonds. The molecule has 4 aliphatic rings. The summed E-state index contributed by atoms with van der Waals surface area (Å²) < 4.78 is 0. The van der Waals surface area contributed by atoms with E-state index in [1.54, 1.807) is 0 Å². The van der Waals surface area contributed by atoms with Gasteiger partial charge < -0.3 is 0 Å². The first kappa shape index (κ1) is 13.8. The zero-order valence-corrected chi connectivity index (χ0v) is 13.0. The van der Waals surface area contributed by atoms with Crippen LogP contribution < -0.4 is 0 Å². The Bertz CT molecular complexity index is 478.